The number of imidazole rings is 1. The predicted octanol–water partition coefficient (Wildman–Crippen LogP) is 1.70. The summed E-state index contributed by atoms with van der Waals surface area (Å²) in [7, 11) is 1.80. The number of nitrogens with one attached hydrogen (secondary N) is 2. The molecule has 0 aliphatic rings. The molecule has 0 aromatic carbocycles. The van der Waals surface area contributed by atoms with E-state index >= 15 is 0 Å². The molecule has 22 heavy (non-hydrogen) atoms. The average molecular weight is 320 g/mol. The third-order valence-electron chi connectivity index (χ3n) is 3.25. The Morgan fingerprint density at radius 3 is 2.91 bits per heavy atom. The predicted molar refractivity (Wildman–Crippen MR) is 91.4 cm³/mol. The number of aliphatic imine (C=N–C) groups is 1. The minimum Gasteiger partial charge on any atom is -0.356 e. The first-order chi connectivity index (χ1) is 10.8. The highest BCUT2D eigenvalue weighted by atomic mass is 32.1. The van der Waals surface area contributed by atoms with Gasteiger partial charge < -0.3 is 15.2 Å². The molecular weight excluding hydrogens is 296 g/mol. The van der Waals surface area contributed by atoms with Crippen LogP contribution in [0.3, 0.4) is 0 Å². The zero-order chi connectivity index (χ0) is 15.6. The molecule has 120 valence electrons. The third kappa shape index (κ3) is 5.48. The lowest BCUT2D eigenvalue weighted by atomic mass is 10.4. The Kier molecular flexibility index (Phi) is 6.89. The number of hydrogen-bond acceptors (Lipinski definition) is 4. The molecule has 2 rings (SSSR count). The van der Waals surface area contributed by atoms with Crippen molar-refractivity contribution in [2.45, 2.75) is 32.7 Å². The van der Waals surface area contributed by atoms with E-state index < -0.39 is 0 Å². The lowest BCUT2D eigenvalue weighted by Crippen LogP contribution is -2.38. The van der Waals surface area contributed by atoms with Crippen LogP contribution < -0.4 is 10.6 Å². The average Bonchev–Trinajstić information content (AvgIpc) is 3.21. The standard InChI is InChI=1S/C15H24N6S/c1-3-13-11-20-14(22-13)5-7-19-15(16-2)18-6-4-9-21-10-8-17-12-21/h8,10-12H,3-7,9H2,1-2H3,(H2,16,18,19). The summed E-state index contributed by atoms with van der Waals surface area (Å²) < 4.78 is 2.08. The van der Waals surface area contributed by atoms with E-state index in [1.165, 1.54) is 9.88 Å². The Hall–Kier alpha value is -1.89. The molecule has 0 saturated carbocycles. The van der Waals surface area contributed by atoms with Gasteiger partial charge >= 0.3 is 0 Å². The molecule has 2 heterocycles. The van der Waals surface area contributed by atoms with Crippen molar-refractivity contribution < 1.29 is 0 Å². The summed E-state index contributed by atoms with van der Waals surface area (Å²) in [5.74, 6) is 0.845. The summed E-state index contributed by atoms with van der Waals surface area (Å²) >= 11 is 1.79. The minimum atomic E-state index is 0.845. The first kappa shape index (κ1) is 16.5. The van der Waals surface area contributed by atoms with Crippen LogP contribution in [0.5, 0.6) is 0 Å². The lowest BCUT2D eigenvalue weighted by Gasteiger charge is -2.11. The molecular formula is C15H24N6S. The molecule has 7 heteroatoms. The van der Waals surface area contributed by atoms with Crippen LogP contribution in [0.1, 0.15) is 23.2 Å². The normalized spacial score (nSPS) is 11.6. The Labute approximate surface area is 135 Å². The zero-order valence-corrected chi connectivity index (χ0v) is 14.1. The highest BCUT2D eigenvalue weighted by Gasteiger charge is 2.02. The molecule has 6 nitrogen and oxygen atoms in total. The molecule has 0 saturated heterocycles. The van der Waals surface area contributed by atoms with E-state index in [2.05, 4.69) is 37.1 Å². The van der Waals surface area contributed by atoms with Crippen molar-refractivity contribution in [3.05, 3.63) is 34.8 Å². The van der Waals surface area contributed by atoms with E-state index in [9.17, 15) is 0 Å². The molecule has 0 fully saturated rings. The fraction of sp³-hybridized carbons (Fsp3) is 0.533. The van der Waals surface area contributed by atoms with Gasteiger partial charge in [-0.2, -0.15) is 0 Å². The van der Waals surface area contributed by atoms with E-state index in [0.717, 1.165) is 44.9 Å². The topological polar surface area (TPSA) is 67.1 Å². The summed E-state index contributed by atoms with van der Waals surface area (Å²) in [5, 5.41) is 7.83. The van der Waals surface area contributed by atoms with Gasteiger partial charge in [0.05, 0.1) is 11.3 Å². The minimum absolute atomic E-state index is 0.845. The molecule has 0 amide bonds. The van der Waals surface area contributed by atoms with Crippen LogP contribution in [0.15, 0.2) is 29.9 Å². The third-order valence-corrected chi connectivity index (χ3v) is 4.45. The number of thiazole rings is 1. The quantitative estimate of drug-likeness (QED) is 0.441. The van der Waals surface area contributed by atoms with Gasteiger partial charge in [0.25, 0.3) is 0 Å². The summed E-state index contributed by atoms with van der Waals surface area (Å²) in [4.78, 5) is 14.0. The van der Waals surface area contributed by atoms with Crippen molar-refractivity contribution in [1.29, 1.82) is 0 Å². The van der Waals surface area contributed by atoms with Crippen molar-refractivity contribution in [2.75, 3.05) is 20.1 Å². The van der Waals surface area contributed by atoms with E-state index in [4.69, 9.17) is 0 Å². The van der Waals surface area contributed by atoms with Crippen LogP contribution in [0.25, 0.3) is 0 Å². The van der Waals surface area contributed by atoms with Gasteiger partial charge in [-0.25, -0.2) is 9.97 Å². The summed E-state index contributed by atoms with van der Waals surface area (Å²) in [6.07, 6.45) is 10.6. The van der Waals surface area contributed by atoms with Crippen LogP contribution in [-0.4, -0.2) is 40.6 Å². The second-order valence-electron chi connectivity index (χ2n) is 4.90. The van der Waals surface area contributed by atoms with Crippen molar-refractivity contribution >= 4 is 17.3 Å². The number of rotatable bonds is 8. The van der Waals surface area contributed by atoms with Crippen molar-refractivity contribution in [2.24, 2.45) is 4.99 Å². The summed E-state index contributed by atoms with van der Waals surface area (Å²) in [6, 6.07) is 0. The van der Waals surface area contributed by atoms with Crippen LogP contribution in [-0.2, 0) is 19.4 Å². The number of aromatic nitrogens is 3. The highest BCUT2D eigenvalue weighted by molar-refractivity contribution is 7.11. The number of hydrogen-bond donors (Lipinski definition) is 2. The van der Waals surface area contributed by atoms with Crippen LogP contribution >= 0.6 is 11.3 Å². The fourth-order valence-electron chi connectivity index (χ4n) is 2.02. The highest BCUT2D eigenvalue weighted by Crippen LogP contribution is 2.13. The van der Waals surface area contributed by atoms with Crippen molar-refractivity contribution in [3.8, 4) is 0 Å². The van der Waals surface area contributed by atoms with E-state index in [0.29, 0.717) is 0 Å². The van der Waals surface area contributed by atoms with Gasteiger partial charge in [-0.15, -0.1) is 11.3 Å². The fourth-order valence-corrected chi connectivity index (χ4v) is 2.88. The summed E-state index contributed by atoms with van der Waals surface area (Å²) in [5.41, 5.74) is 0. The molecule has 2 N–H and O–H groups in total. The number of nitrogens with zero attached hydrogens (tertiary/aromatic N) is 4. The zero-order valence-electron chi connectivity index (χ0n) is 13.2. The Bertz CT molecular complexity index is 560. The maximum absolute atomic E-state index is 4.42. The molecule has 0 aliphatic carbocycles. The summed E-state index contributed by atoms with van der Waals surface area (Å²) in [6.45, 7) is 4.85. The molecule has 2 aromatic heterocycles. The second-order valence-corrected chi connectivity index (χ2v) is 6.10. The second kappa shape index (κ2) is 9.19. The van der Waals surface area contributed by atoms with Gasteiger partial charge in [0.1, 0.15) is 0 Å². The van der Waals surface area contributed by atoms with Crippen LogP contribution in [0.2, 0.25) is 0 Å². The van der Waals surface area contributed by atoms with Gasteiger partial charge in [-0.3, -0.25) is 4.99 Å². The monoisotopic (exact) mass is 320 g/mol. The van der Waals surface area contributed by atoms with E-state index in [-0.39, 0.29) is 0 Å². The van der Waals surface area contributed by atoms with Gasteiger partial charge in [-0.05, 0) is 12.8 Å². The first-order valence-corrected chi connectivity index (χ1v) is 8.47. The van der Waals surface area contributed by atoms with Crippen LogP contribution in [0.4, 0.5) is 0 Å². The molecule has 0 radical (unpaired) electrons. The Morgan fingerprint density at radius 1 is 1.36 bits per heavy atom. The maximum Gasteiger partial charge on any atom is 0.190 e. The number of aryl methyl sites for hydroxylation is 2. The van der Waals surface area contributed by atoms with Crippen molar-refractivity contribution in [1.82, 2.24) is 25.2 Å². The lowest BCUT2D eigenvalue weighted by molar-refractivity contribution is 0.624. The van der Waals surface area contributed by atoms with Crippen LogP contribution in [0, 0.1) is 0 Å². The smallest absolute Gasteiger partial charge is 0.190 e. The van der Waals surface area contributed by atoms with Gasteiger partial charge in [0.2, 0.25) is 0 Å². The number of guanidine groups is 1. The van der Waals surface area contributed by atoms with Gasteiger partial charge in [0, 0.05) is 56.6 Å². The van der Waals surface area contributed by atoms with Crippen molar-refractivity contribution in [3.63, 3.8) is 0 Å². The first-order valence-electron chi connectivity index (χ1n) is 7.65. The Balaban J connectivity index is 1.60. The maximum atomic E-state index is 4.42. The molecule has 0 unspecified atom stereocenters. The largest absolute Gasteiger partial charge is 0.356 e. The van der Waals surface area contributed by atoms with Gasteiger partial charge in [-0.1, -0.05) is 6.92 Å². The molecule has 0 aliphatic heterocycles. The Morgan fingerprint density at radius 2 is 2.23 bits per heavy atom. The van der Waals surface area contributed by atoms with E-state index in [1.807, 2.05) is 18.7 Å². The molecule has 0 bridgehead atoms. The van der Waals surface area contributed by atoms with E-state index in [1.54, 1.807) is 24.6 Å². The SMILES string of the molecule is CCc1cnc(CCNC(=NC)NCCCn2ccnc2)s1. The van der Waals surface area contributed by atoms with Gasteiger partial charge in [0.15, 0.2) is 5.96 Å². The molecule has 2 aromatic rings. The molecule has 0 spiro atoms. The molecule has 0 atom stereocenters.